The summed E-state index contributed by atoms with van der Waals surface area (Å²) < 4.78 is 0. The number of carbonyl (C=O) groups excluding carboxylic acids is 4. The van der Waals surface area contributed by atoms with Gasteiger partial charge in [0.25, 0.3) is 0 Å². The van der Waals surface area contributed by atoms with Crippen LogP contribution in [0, 0.1) is 0 Å². The molecule has 16 nitrogen and oxygen atoms in total. The first-order chi connectivity index (χ1) is 21.8. The zero-order valence-electron chi connectivity index (χ0n) is 24.9. The average Bonchev–Trinajstić information content (AvgIpc) is 3.41. The highest BCUT2D eigenvalue weighted by Crippen LogP contribution is 2.20. The zero-order chi connectivity index (χ0) is 33.8. The number of carboxylic acids is 1. The fourth-order valence-corrected chi connectivity index (χ4v) is 4.68. The first-order valence-corrected chi connectivity index (χ1v) is 14.4. The molecule has 0 radical (unpaired) electrons. The Labute approximate surface area is 264 Å². The number of aromatic nitrogens is 1. The molecular formula is C30H39N9O7. The summed E-state index contributed by atoms with van der Waals surface area (Å²) in [5.41, 5.74) is 23.9. The molecule has 0 fully saturated rings. The van der Waals surface area contributed by atoms with Gasteiger partial charge in [0, 0.05) is 36.5 Å². The van der Waals surface area contributed by atoms with E-state index in [1.807, 2.05) is 18.2 Å². The van der Waals surface area contributed by atoms with Gasteiger partial charge in [-0.2, -0.15) is 0 Å². The fraction of sp³-hybridized carbons (Fsp3) is 0.333. The second kappa shape index (κ2) is 16.4. The van der Waals surface area contributed by atoms with Crippen molar-refractivity contribution in [3.8, 4) is 5.75 Å². The number of amides is 4. The van der Waals surface area contributed by atoms with E-state index in [0.29, 0.717) is 17.5 Å². The first-order valence-electron chi connectivity index (χ1n) is 14.4. The molecule has 0 bridgehead atoms. The monoisotopic (exact) mass is 637 g/mol. The van der Waals surface area contributed by atoms with Gasteiger partial charge in [0.1, 0.15) is 23.9 Å². The van der Waals surface area contributed by atoms with E-state index in [4.69, 9.17) is 22.9 Å². The number of carboxylic acid groups (broad SMARTS) is 1. The quantitative estimate of drug-likeness (QED) is 0.0462. The summed E-state index contributed by atoms with van der Waals surface area (Å²) in [4.78, 5) is 70.4. The molecule has 4 amide bonds. The SMILES string of the molecule is NC(=O)CC(NC(=O)C(Cc1c[nH]c2ccccc12)NC(=O)C(Cc1ccc(O)cc1)NC(=O)C(N)CCCN=C(N)N)C(=O)O. The van der Waals surface area contributed by atoms with Crippen molar-refractivity contribution < 1.29 is 34.2 Å². The smallest absolute Gasteiger partial charge is 0.326 e. The van der Waals surface area contributed by atoms with Crippen LogP contribution in [-0.4, -0.2) is 81.5 Å². The van der Waals surface area contributed by atoms with E-state index in [2.05, 4.69) is 25.9 Å². The molecule has 3 rings (SSSR count). The fourth-order valence-electron chi connectivity index (χ4n) is 4.68. The minimum Gasteiger partial charge on any atom is -0.508 e. The molecule has 2 aromatic carbocycles. The van der Waals surface area contributed by atoms with Crippen LogP contribution >= 0.6 is 0 Å². The predicted octanol–water partition coefficient (Wildman–Crippen LogP) is -1.55. The van der Waals surface area contributed by atoms with Crippen LogP contribution in [0.15, 0.2) is 59.7 Å². The third-order valence-corrected chi connectivity index (χ3v) is 7.07. The molecule has 3 aromatic rings. The molecule has 0 spiro atoms. The number of fused-ring (bicyclic) bond motifs is 1. The highest BCUT2D eigenvalue weighted by molar-refractivity contribution is 5.95. The highest BCUT2D eigenvalue weighted by atomic mass is 16.4. The Hall–Kier alpha value is -5.64. The molecule has 16 heteroatoms. The summed E-state index contributed by atoms with van der Waals surface area (Å²) >= 11 is 0. The predicted molar refractivity (Wildman–Crippen MR) is 169 cm³/mol. The van der Waals surface area contributed by atoms with Gasteiger partial charge in [-0.25, -0.2) is 4.79 Å². The number of hydrogen-bond acceptors (Lipinski definition) is 8. The van der Waals surface area contributed by atoms with Gasteiger partial charge >= 0.3 is 5.97 Å². The molecule has 0 aliphatic heterocycles. The van der Waals surface area contributed by atoms with Crippen LogP contribution in [0.25, 0.3) is 10.9 Å². The van der Waals surface area contributed by atoms with Gasteiger partial charge in [0.2, 0.25) is 23.6 Å². The van der Waals surface area contributed by atoms with Crippen molar-refractivity contribution in [2.24, 2.45) is 27.9 Å². The molecule has 0 saturated carbocycles. The maximum absolute atomic E-state index is 13.8. The Morgan fingerprint density at radius 3 is 2.07 bits per heavy atom. The number of nitrogens with two attached hydrogens (primary N) is 4. The number of benzene rings is 2. The van der Waals surface area contributed by atoms with Crippen molar-refractivity contribution in [3.63, 3.8) is 0 Å². The molecule has 46 heavy (non-hydrogen) atoms. The third kappa shape index (κ3) is 10.5. The number of nitrogens with one attached hydrogen (secondary N) is 4. The van der Waals surface area contributed by atoms with Crippen LogP contribution in [0.3, 0.4) is 0 Å². The summed E-state index contributed by atoms with van der Waals surface area (Å²) in [6.45, 7) is 0.248. The maximum atomic E-state index is 13.8. The Morgan fingerprint density at radius 1 is 0.826 bits per heavy atom. The number of hydrogen-bond donors (Lipinski definition) is 10. The molecule has 4 atom stereocenters. The highest BCUT2D eigenvalue weighted by Gasteiger charge is 2.31. The van der Waals surface area contributed by atoms with Gasteiger partial charge in [-0.05, 0) is 42.2 Å². The topological polar surface area (TPSA) is 294 Å². The van der Waals surface area contributed by atoms with E-state index in [1.165, 1.54) is 12.1 Å². The average molecular weight is 638 g/mol. The van der Waals surface area contributed by atoms with Crippen molar-refractivity contribution >= 4 is 46.5 Å². The molecule has 14 N–H and O–H groups in total. The van der Waals surface area contributed by atoms with Gasteiger partial charge in [-0.3, -0.25) is 24.2 Å². The summed E-state index contributed by atoms with van der Waals surface area (Å²) in [5.74, 6) is -4.84. The van der Waals surface area contributed by atoms with E-state index in [9.17, 15) is 34.2 Å². The van der Waals surface area contributed by atoms with E-state index < -0.39 is 60.2 Å². The van der Waals surface area contributed by atoms with Crippen LogP contribution in [-0.2, 0) is 36.8 Å². The van der Waals surface area contributed by atoms with Gasteiger partial charge in [0.15, 0.2) is 5.96 Å². The van der Waals surface area contributed by atoms with Crippen LogP contribution in [0.5, 0.6) is 5.75 Å². The lowest BCUT2D eigenvalue weighted by molar-refractivity contribution is -0.143. The number of carbonyl (C=O) groups is 5. The van der Waals surface area contributed by atoms with Crippen LogP contribution < -0.4 is 38.9 Å². The Morgan fingerprint density at radius 2 is 1.43 bits per heavy atom. The molecule has 0 aliphatic carbocycles. The van der Waals surface area contributed by atoms with Crippen molar-refractivity contribution in [1.82, 2.24) is 20.9 Å². The summed E-state index contributed by atoms with van der Waals surface area (Å²) in [6, 6.07) is 7.98. The Bertz CT molecular complexity index is 1570. The summed E-state index contributed by atoms with van der Waals surface area (Å²) in [7, 11) is 0. The largest absolute Gasteiger partial charge is 0.508 e. The standard InChI is InChI=1S/C30H39N9O7/c31-20(5-3-11-35-30(33)34)26(42)37-22(12-16-7-9-18(40)10-8-16)27(43)38-23(28(44)39-24(29(45)46)14-25(32)41)13-17-15-36-21-6-2-1-4-19(17)21/h1-2,4,6-10,15,20,22-24,36,40H,3,5,11-14,31H2,(H2,32,41)(H,37,42)(H,38,43)(H,39,44)(H,45,46)(H4,33,34,35). The number of aromatic hydroxyl groups is 1. The normalized spacial score (nSPS) is 13.5. The number of H-pyrrole nitrogens is 1. The number of aromatic amines is 1. The number of aliphatic imine (C=N–C) groups is 1. The molecule has 0 saturated heterocycles. The molecule has 4 unspecified atom stereocenters. The van der Waals surface area contributed by atoms with Crippen LogP contribution in [0.2, 0.25) is 0 Å². The lowest BCUT2D eigenvalue weighted by atomic mass is 10.0. The first kappa shape index (κ1) is 34.8. The summed E-state index contributed by atoms with van der Waals surface area (Å²) in [5, 5.41) is 27.5. The zero-order valence-corrected chi connectivity index (χ0v) is 24.9. The number of aliphatic carboxylic acids is 1. The lowest BCUT2D eigenvalue weighted by Gasteiger charge is -2.25. The lowest BCUT2D eigenvalue weighted by Crippen LogP contribution is -2.58. The van der Waals surface area contributed by atoms with E-state index in [-0.39, 0.29) is 37.5 Å². The summed E-state index contributed by atoms with van der Waals surface area (Å²) in [6.07, 6.45) is 1.47. The second-order valence-corrected chi connectivity index (χ2v) is 10.7. The molecule has 246 valence electrons. The second-order valence-electron chi connectivity index (χ2n) is 10.7. The number of phenolic OH excluding ortho intramolecular Hbond substituents is 1. The Balaban J connectivity index is 1.87. The number of phenols is 1. The van der Waals surface area contributed by atoms with Gasteiger partial charge < -0.3 is 54.1 Å². The van der Waals surface area contributed by atoms with Crippen molar-refractivity contribution in [1.29, 1.82) is 0 Å². The number of para-hydroxylation sites is 1. The molecule has 0 aliphatic rings. The minimum atomic E-state index is -1.64. The van der Waals surface area contributed by atoms with Crippen molar-refractivity contribution in [2.75, 3.05) is 6.54 Å². The van der Waals surface area contributed by atoms with Crippen LogP contribution in [0.1, 0.15) is 30.4 Å². The van der Waals surface area contributed by atoms with Crippen molar-refractivity contribution in [2.45, 2.75) is 56.3 Å². The van der Waals surface area contributed by atoms with Gasteiger partial charge in [-0.15, -0.1) is 0 Å². The van der Waals surface area contributed by atoms with E-state index in [0.717, 1.165) is 10.9 Å². The van der Waals surface area contributed by atoms with Gasteiger partial charge in [0.05, 0.1) is 12.5 Å². The number of nitrogens with zero attached hydrogens (tertiary/aromatic N) is 1. The number of primary amides is 1. The minimum absolute atomic E-state index is 0.00371. The third-order valence-electron chi connectivity index (χ3n) is 7.07. The Kier molecular flexibility index (Phi) is 12.5. The maximum Gasteiger partial charge on any atom is 0.326 e. The van der Waals surface area contributed by atoms with Gasteiger partial charge in [-0.1, -0.05) is 30.3 Å². The van der Waals surface area contributed by atoms with E-state index >= 15 is 0 Å². The molecule has 1 heterocycles. The molecule has 1 aromatic heterocycles. The number of rotatable bonds is 17. The number of guanidine groups is 1. The van der Waals surface area contributed by atoms with Crippen molar-refractivity contribution in [3.05, 3.63) is 65.9 Å². The van der Waals surface area contributed by atoms with Crippen LogP contribution in [0.4, 0.5) is 0 Å². The van der Waals surface area contributed by atoms with E-state index in [1.54, 1.807) is 24.4 Å². The molecular weight excluding hydrogens is 598 g/mol.